The molecule has 2 aromatic carbocycles. The summed E-state index contributed by atoms with van der Waals surface area (Å²) in [6.45, 7) is 3.79. The zero-order chi connectivity index (χ0) is 25.2. The third-order valence-corrected chi connectivity index (χ3v) is 6.24. The van der Waals surface area contributed by atoms with Gasteiger partial charge in [0.2, 0.25) is 5.88 Å². The molecule has 0 unspecified atom stereocenters. The molecule has 0 amide bonds. The summed E-state index contributed by atoms with van der Waals surface area (Å²) in [6, 6.07) is 13.5. The van der Waals surface area contributed by atoms with Crippen LogP contribution in [0.15, 0.2) is 71.9 Å². The van der Waals surface area contributed by atoms with Crippen molar-refractivity contribution < 1.29 is 31.1 Å². The number of nitrogens with one attached hydrogen (secondary N) is 1. The first-order chi connectivity index (χ1) is 16.5. The molecule has 4 rings (SSSR count). The lowest BCUT2D eigenvalue weighted by Gasteiger charge is -2.14. The maximum atomic E-state index is 12.6. The molecule has 0 radical (unpaired) electrons. The molecule has 0 aliphatic rings. The summed E-state index contributed by atoms with van der Waals surface area (Å²) in [5, 5.41) is 8.14. The van der Waals surface area contributed by atoms with Crippen LogP contribution in [-0.4, -0.2) is 34.5 Å². The Morgan fingerprint density at radius 2 is 1.66 bits per heavy atom. The minimum atomic E-state index is -5.04. The molecule has 4 aromatic rings. The highest BCUT2D eigenvalue weighted by molar-refractivity contribution is 7.92. The zero-order valence-electron chi connectivity index (χ0n) is 18.3. The first-order valence-corrected chi connectivity index (χ1v) is 11.5. The van der Waals surface area contributed by atoms with Gasteiger partial charge in [-0.05, 0) is 56.3 Å². The number of aryl methyl sites for hydroxylation is 1. The fourth-order valence-corrected chi connectivity index (χ4v) is 4.22. The number of aromatic nitrogens is 4. The fourth-order valence-electron chi connectivity index (χ4n) is 3.03. The molecule has 9 nitrogen and oxygen atoms in total. The number of imidazole rings is 1. The number of benzene rings is 2. The second-order valence-corrected chi connectivity index (χ2v) is 8.89. The molecule has 2 aromatic heterocycles. The van der Waals surface area contributed by atoms with Gasteiger partial charge in [-0.25, -0.2) is 13.4 Å². The quantitative estimate of drug-likeness (QED) is 0.385. The highest BCUT2D eigenvalue weighted by Crippen LogP contribution is 2.31. The van der Waals surface area contributed by atoms with Crippen molar-refractivity contribution in [1.82, 2.24) is 19.7 Å². The molecule has 0 saturated heterocycles. The van der Waals surface area contributed by atoms with Crippen LogP contribution < -0.4 is 14.2 Å². The van der Waals surface area contributed by atoms with Crippen LogP contribution in [-0.2, 0) is 10.0 Å². The smallest absolute Gasteiger partial charge is 0.438 e. The summed E-state index contributed by atoms with van der Waals surface area (Å²) >= 11 is 0. The minimum Gasteiger partial charge on any atom is -0.438 e. The van der Waals surface area contributed by atoms with E-state index >= 15 is 0 Å². The minimum absolute atomic E-state index is 0.103. The molecule has 2 heterocycles. The van der Waals surface area contributed by atoms with Crippen LogP contribution in [0.1, 0.15) is 11.4 Å². The summed E-state index contributed by atoms with van der Waals surface area (Å²) in [7, 11) is -4.37. The highest BCUT2D eigenvalue weighted by Gasteiger charge is 2.34. The van der Waals surface area contributed by atoms with Crippen molar-refractivity contribution in [1.29, 1.82) is 0 Å². The maximum absolute atomic E-state index is 12.6. The van der Waals surface area contributed by atoms with Crippen molar-refractivity contribution in [2.24, 2.45) is 0 Å². The van der Waals surface area contributed by atoms with E-state index < -0.39 is 27.0 Å². The van der Waals surface area contributed by atoms with Crippen LogP contribution in [0.25, 0.3) is 5.82 Å². The molecule has 0 aliphatic heterocycles. The number of halogens is 3. The van der Waals surface area contributed by atoms with E-state index in [0.717, 1.165) is 23.5 Å². The number of anilines is 1. The second kappa shape index (κ2) is 9.25. The summed E-state index contributed by atoms with van der Waals surface area (Å²) in [6.07, 6.45) is -3.40. The zero-order valence-corrected chi connectivity index (χ0v) is 19.1. The van der Waals surface area contributed by atoms with Gasteiger partial charge in [0.25, 0.3) is 10.0 Å². The molecule has 1 N–H and O–H groups in total. The van der Waals surface area contributed by atoms with Crippen molar-refractivity contribution in [3.8, 4) is 23.2 Å². The van der Waals surface area contributed by atoms with Crippen LogP contribution >= 0.6 is 0 Å². The predicted octanol–water partition coefficient (Wildman–Crippen LogP) is 4.77. The predicted molar refractivity (Wildman–Crippen MR) is 119 cm³/mol. The average Bonchev–Trinajstić information content (AvgIpc) is 3.13. The number of ether oxygens (including phenoxy) is 2. The summed E-state index contributed by atoms with van der Waals surface area (Å²) in [5.74, 6) is 0.269. The number of alkyl halides is 3. The van der Waals surface area contributed by atoms with Crippen LogP contribution in [0.5, 0.6) is 17.4 Å². The number of rotatable bonds is 7. The van der Waals surface area contributed by atoms with E-state index in [9.17, 15) is 21.6 Å². The lowest BCUT2D eigenvalue weighted by molar-refractivity contribution is -0.275. The molecule has 0 atom stereocenters. The number of para-hydroxylation sites is 1. The van der Waals surface area contributed by atoms with Crippen molar-refractivity contribution >= 4 is 15.7 Å². The van der Waals surface area contributed by atoms with Crippen molar-refractivity contribution in [3.63, 3.8) is 0 Å². The molecule has 0 bridgehead atoms. The van der Waals surface area contributed by atoms with Gasteiger partial charge in [0.05, 0.1) is 5.69 Å². The Morgan fingerprint density at radius 1 is 0.943 bits per heavy atom. The van der Waals surface area contributed by atoms with Gasteiger partial charge in [-0.3, -0.25) is 9.29 Å². The second-order valence-electron chi connectivity index (χ2n) is 7.24. The van der Waals surface area contributed by atoms with Gasteiger partial charge in [0.1, 0.15) is 22.7 Å². The lowest BCUT2D eigenvalue weighted by Crippen LogP contribution is -2.20. The third kappa shape index (κ3) is 5.69. The molecular weight excluding hydrogens is 487 g/mol. The SMILES string of the molecule is Cc1ncn(-c2ccc(Oc3ccc(NS(=O)(=O)c4ccccc4OC(F)(F)F)cc3)nn2)c1C. The van der Waals surface area contributed by atoms with Crippen LogP contribution in [0, 0.1) is 13.8 Å². The topological polar surface area (TPSA) is 108 Å². The molecule has 13 heteroatoms. The van der Waals surface area contributed by atoms with Gasteiger partial charge >= 0.3 is 6.36 Å². The Kier molecular flexibility index (Phi) is 6.35. The fraction of sp³-hybridized carbons (Fsp3) is 0.136. The van der Waals surface area contributed by atoms with Crippen molar-refractivity contribution in [2.45, 2.75) is 25.1 Å². The molecule has 0 spiro atoms. The Labute approximate surface area is 198 Å². The maximum Gasteiger partial charge on any atom is 0.573 e. The number of hydrogen-bond donors (Lipinski definition) is 1. The molecule has 0 saturated carbocycles. The number of nitrogens with zero attached hydrogens (tertiary/aromatic N) is 4. The van der Waals surface area contributed by atoms with E-state index in [1.165, 1.54) is 36.4 Å². The van der Waals surface area contributed by atoms with E-state index in [-0.39, 0.29) is 11.6 Å². The van der Waals surface area contributed by atoms with Crippen LogP contribution in [0.3, 0.4) is 0 Å². The molecule has 35 heavy (non-hydrogen) atoms. The molecule has 0 aliphatic carbocycles. The van der Waals surface area contributed by atoms with E-state index in [1.54, 1.807) is 23.0 Å². The van der Waals surface area contributed by atoms with Gasteiger partial charge in [-0.15, -0.1) is 23.4 Å². The first-order valence-electron chi connectivity index (χ1n) is 10.0. The van der Waals surface area contributed by atoms with Crippen LogP contribution in [0.2, 0.25) is 0 Å². The summed E-state index contributed by atoms with van der Waals surface area (Å²) in [5.41, 5.74) is 1.91. The largest absolute Gasteiger partial charge is 0.573 e. The van der Waals surface area contributed by atoms with Crippen LogP contribution in [0.4, 0.5) is 18.9 Å². The highest BCUT2D eigenvalue weighted by atomic mass is 32.2. The number of sulfonamides is 1. The van der Waals surface area contributed by atoms with E-state index in [1.807, 2.05) is 13.8 Å². The normalized spacial score (nSPS) is 11.8. The van der Waals surface area contributed by atoms with Gasteiger partial charge in [0.15, 0.2) is 5.82 Å². The molecular formula is C22H18F3N5O4S. The third-order valence-electron chi connectivity index (χ3n) is 4.82. The van der Waals surface area contributed by atoms with Gasteiger partial charge in [-0.1, -0.05) is 12.1 Å². The Morgan fingerprint density at radius 3 is 2.26 bits per heavy atom. The Hall–Kier alpha value is -4.13. The summed E-state index contributed by atoms with van der Waals surface area (Å²) in [4.78, 5) is 3.56. The van der Waals surface area contributed by atoms with Gasteiger partial charge in [0, 0.05) is 17.4 Å². The van der Waals surface area contributed by atoms with Gasteiger partial charge in [-0.2, -0.15) is 0 Å². The molecule has 0 fully saturated rings. The van der Waals surface area contributed by atoms with E-state index in [2.05, 4.69) is 24.6 Å². The van der Waals surface area contributed by atoms with E-state index in [0.29, 0.717) is 11.6 Å². The monoisotopic (exact) mass is 505 g/mol. The molecule has 182 valence electrons. The van der Waals surface area contributed by atoms with E-state index in [4.69, 9.17) is 4.74 Å². The first kappa shape index (κ1) is 24.0. The summed E-state index contributed by atoms with van der Waals surface area (Å²) < 4.78 is 76.6. The average molecular weight is 505 g/mol. The standard InChI is InChI=1S/C22H18F3N5O4S/c1-14-15(2)30(13-26-14)20-11-12-21(28-27-20)33-17-9-7-16(8-10-17)29-35(31,32)19-6-4-3-5-18(19)34-22(23,24)25/h3-13,29H,1-2H3. The number of hydrogen-bond acceptors (Lipinski definition) is 7. The van der Waals surface area contributed by atoms with Gasteiger partial charge < -0.3 is 9.47 Å². The van der Waals surface area contributed by atoms with Crippen molar-refractivity contribution in [3.05, 3.63) is 78.4 Å². The Bertz CT molecular complexity index is 1440. The Balaban J connectivity index is 1.46. The lowest BCUT2D eigenvalue weighted by atomic mass is 10.3. The van der Waals surface area contributed by atoms with Crippen molar-refractivity contribution in [2.75, 3.05) is 4.72 Å².